The number of alkyl halides is 3. The number of likely N-dealkylation sites (N-methyl/N-ethyl adjacent to an activating group) is 1. The van der Waals surface area contributed by atoms with E-state index in [1.807, 2.05) is 25.8 Å². The van der Waals surface area contributed by atoms with Gasteiger partial charge in [-0.1, -0.05) is 0 Å². The van der Waals surface area contributed by atoms with Gasteiger partial charge in [-0.05, 0) is 27.8 Å². The van der Waals surface area contributed by atoms with Crippen molar-refractivity contribution in [3.63, 3.8) is 0 Å². The van der Waals surface area contributed by atoms with Gasteiger partial charge in [0.25, 0.3) is 5.91 Å². The Bertz CT molecular complexity index is 340. The van der Waals surface area contributed by atoms with Crippen LogP contribution in [0.4, 0.5) is 13.2 Å². The summed E-state index contributed by atoms with van der Waals surface area (Å²) >= 11 is 0. The molecule has 0 saturated carbocycles. The summed E-state index contributed by atoms with van der Waals surface area (Å²) in [6.45, 7) is 5.01. The van der Waals surface area contributed by atoms with E-state index in [1.165, 1.54) is 0 Å². The summed E-state index contributed by atoms with van der Waals surface area (Å²) in [6.07, 6.45) is -4.96. The molecule has 0 aromatic heterocycles. The molecule has 1 unspecified atom stereocenters. The van der Waals surface area contributed by atoms with Crippen LogP contribution in [0.15, 0.2) is 0 Å². The van der Waals surface area contributed by atoms with Crippen molar-refractivity contribution in [2.45, 2.75) is 38.1 Å². The summed E-state index contributed by atoms with van der Waals surface area (Å²) in [7, 11) is 1.85. The van der Waals surface area contributed by atoms with Gasteiger partial charge in [0.15, 0.2) is 0 Å². The van der Waals surface area contributed by atoms with Gasteiger partial charge in [0.2, 0.25) is 5.60 Å². The van der Waals surface area contributed by atoms with Gasteiger partial charge >= 0.3 is 6.18 Å². The quantitative estimate of drug-likeness (QED) is 0.767. The summed E-state index contributed by atoms with van der Waals surface area (Å²) in [5, 5.41) is 9.38. The van der Waals surface area contributed by atoms with Crippen molar-refractivity contribution in [2.24, 2.45) is 0 Å². The zero-order chi connectivity index (χ0) is 14.4. The zero-order valence-electron chi connectivity index (χ0n) is 11.0. The minimum atomic E-state index is -4.96. The first-order valence-corrected chi connectivity index (χ1v) is 5.69. The van der Waals surface area contributed by atoms with Gasteiger partial charge in [-0.15, -0.1) is 0 Å². The lowest BCUT2D eigenvalue weighted by Gasteiger charge is -2.46. The lowest BCUT2D eigenvalue weighted by atomic mass is 9.97. The summed E-state index contributed by atoms with van der Waals surface area (Å²) in [5.41, 5.74) is -3.73. The summed E-state index contributed by atoms with van der Waals surface area (Å²) < 4.78 is 37.8. The van der Waals surface area contributed by atoms with Gasteiger partial charge in [-0.3, -0.25) is 9.69 Å². The Hall–Kier alpha value is -0.820. The summed E-state index contributed by atoms with van der Waals surface area (Å²) in [4.78, 5) is 14.8. The van der Waals surface area contributed by atoms with E-state index in [9.17, 15) is 23.1 Å². The smallest absolute Gasteiger partial charge is 0.373 e. The molecular weight excluding hydrogens is 249 g/mol. The zero-order valence-corrected chi connectivity index (χ0v) is 11.0. The largest absolute Gasteiger partial charge is 0.426 e. The van der Waals surface area contributed by atoms with E-state index in [-0.39, 0.29) is 13.1 Å². The normalized spacial score (nSPS) is 24.8. The fraction of sp³-hybridized carbons (Fsp3) is 0.909. The highest BCUT2D eigenvalue weighted by atomic mass is 19.4. The van der Waals surface area contributed by atoms with E-state index in [1.54, 1.807) is 0 Å². The summed E-state index contributed by atoms with van der Waals surface area (Å²) in [5.74, 6) is -1.28. The molecule has 0 aliphatic carbocycles. The van der Waals surface area contributed by atoms with Crippen molar-refractivity contribution in [2.75, 3.05) is 26.7 Å². The number of carbonyl (C=O) groups is 1. The highest BCUT2D eigenvalue weighted by molar-refractivity contribution is 5.85. The third kappa shape index (κ3) is 2.61. The van der Waals surface area contributed by atoms with Crippen LogP contribution in [0.5, 0.6) is 0 Å². The van der Waals surface area contributed by atoms with Gasteiger partial charge in [-0.2, -0.15) is 13.2 Å². The lowest BCUT2D eigenvalue weighted by molar-refractivity contribution is -0.251. The molecule has 1 N–H and O–H groups in total. The Morgan fingerprint density at radius 3 is 2.17 bits per heavy atom. The number of carbonyl (C=O) groups excluding carboxylic acids is 1. The molecule has 106 valence electrons. The molecule has 1 atom stereocenters. The Kier molecular flexibility index (Phi) is 3.71. The van der Waals surface area contributed by atoms with Crippen LogP contribution in [-0.2, 0) is 4.79 Å². The number of amides is 1. The highest BCUT2D eigenvalue weighted by Gasteiger charge is 2.57. The van der Waals surface area contributed by atoms with Gasteiger partial charge < -0.3 is 10.0 Å². The van der Waals surface area contributed by atoms with Crippen LogP contribution in [0.2, 0.25) is 0 Å². The Morgan fingerprint density at radius 1 is 1.28 bits per heavy atom. The minimum Gasteiger partial charge on any atom is -0.373 e. The van der Waals surface area contributed by atoms with Crippen LogP contribution in [0.1, 0.15) is 20.8 Å². The van der Waals surface area contributed by atoms with E-state index >= 15 is 0 Å². The molecule has 0 spiro atoms. The van der Waals surface area contributed by atoms with Crippen LogP contribution in [0.25, 0.3) is 0 Å². The lowest BCUT2D eigenvalue weighted by Crippen LogP contribution is -2.64. The van der Waals surface area contributed by atoms with Crippen molar-refractivity contribution < 1.29 is 23.1 Å². The van der Waals surface area contributed by atoms with Gasteiger partial charge in [0.05, 0.1) is 0 Å². The van der Waals surface area contributed by atoms with Gasteiger partial charge in [-0.25, -0.2) is 0 Å². The third-order valence-electron chi connectivity index (χ3n) is 3.57. The molecule has 0 aromatic rings. The Morgan fingerprint density at radius 2 is 1.78 bits per heavy atom. The fourth-order valence-corrected chi connectivity index (χ4v) is 1.84. The highest BCUT2D eigenvalue weighted by Crippen LogP contribution is 2.32. The van der Waals surface area contributed by atoms with E-state index in [0.29, 0.717) is 13.5 Å². The second kappa shape index (κ2) is 4.38. The van der Waals surface area contributed by atoms with E-state index in [2.05, 4.69) is 0 Å². The Labute approximate surface area is 104 Å². The first-order valence-electron chi connectivity index (χ1n) is 5.69. The molecule has 1 saturated heterocycles. The second-order valence-electron chi connectivity index (χ2n) is 5.53. The second-order valence-corrected chi connectivity index (χ2v) is 5.53. The molecule has 1 amide bonds. The molecular formula is C11H19F3N2O2. The van der Waals surface area contributed by atoms with Crippen LogP contribution < -0.4 is 0 Å². The van der Waals surface area contributed by atoms with E-state index in [0.717, 1.165) is 4.90 Å². The van der Waals surface area contributed by atoms with Crippen molar-refractivity contribution in [3.8, 4) is 0 Å². The molecule has 1 fully saturated rings. The first-order chi connectivity index (χ1) is 7.89. The number of hydrogen-bond donors (Lipinski definition) is 1. The van der Waals surface area contributed by atoms with Crippen LogP contribution in [0, 0.1) is 0 Å². The number of nitrogens with zero attached hydrogens (tertiary/aromatic N) is 2. The maximum Gasteiger partial charge on any atom is 0.426 e. The molecule has 4 nitrogen and oxygen atoms in total. The van der Waals surface area contributed by atoms with Crippen molar-refractivity contribution in [3.05, 3.63) is 0 Å². The third-order valence-corrected chi connectivity index (χ3v) is 3.57. The maximum atomic E-state index is 12.6. The van der Waals surface area contributed by atoms with Gasteiger partial charge in [0.1, 0.15) is 0 Å². The monoisotopic (exact) mass is 268 g/mol. The number of rotatable bonds is 1. The average Bonchev–Trinajstić information content (AvgIpc) is 2.19. The predicted molar refractivity (Wildman–Crippen MR) is 60.0 cm³/mol. The van der Waals surface area contributed by atoms with Crippen molar-refractivity contribution in [1.29, 1.82) is 0 Å². The maximum absolute atomic E-state index is 12.6. The molecule has 18 heavy (non-hydrogen) atoms. The number of piperazine rings is 1. The van der Waals surface area contributed by atoms with Crippen molar-refractivity contribution in [1.82, 2.24) is 9.80 Å². The standard InChI is InChI=1S/C11H19F3N2O2/c1-9(2)7-16(6-5-15(9)4)8(17)10(3,18)11(12,13)14/h18H,5-7H2,1-4H3. The topological polar surface area (TPSA) is 43.8 Å². The van der Waals surface area contributed by atoms with Crippen LogP contribution in [-0.4, -0.2) is 64.8 Å². The molecule has 1 aliphatic heterocycles. The predicted octanol–water partition coefficient (Wildman–Crippen LogP) is 0.852. The number of hydrogen-bond acceptors (Lipinski definition) is 3. The molecule has 0 radical (unpaired) electrons. The average molecular weight is 268 g/mol. The summed E-state index contributed by atoms with van der Waals surface area (Å²) in [6, 6.07) is 0. The molecule has 7 heteroatoms. The van der Waals surface area contributed by atoms with Crippen LogP contribution >= 0.6 is 0 Å². The molecule has 0 bridgehead atoms. The minimum absolute atomic E-state index is 0.161. The molecule has 1 aliphatic rings. The van der Waals surface area contributed by atoms with Crippen LogP contribution in [0.3, 0.4) is 0 Å². The number of halogens is 3. The molecule has 1 rings (SSSR count). The fourth-order valence-electron chi connectivity index (χ4n) is 1.84. The first kappa shape index (κ1) is 15.2. The van der Waals surface area contributed by atoms with Crippen molar-refractivity contribution >= 4 is 5.91 Å². The Balaban J connectivity index is 2.87. The number of aliphatic hydroxyl groups is 1. The van der Waals surface area contributed by atoms with E-state index in [4.69, 9.17) is 0 Å². The van der Waals surface area contributed by atoms with E-state index < -0.39 is 23.2 Å². The van der Waals surface area contributed by atoms with Gasteiger partial charge in [0, 0.05) is 25.2 Å². The SMILES string of the molecule is CN1CCN(C(=O)C(C)(O)C(F)(F)F)CC1(C)C. The molecule has 0 aromatic carbocycles. The molecule has 1 heterocycles.